The molecule has 15 heavy (non-hydrogen) atoms. The summed E-state index contributed by atoms with van der Waals surface area (Å²) in [5, 5.41) is 17.2. The fraction of sp³-hybridized carbons (Fsp3) is 0.222. The van der Waals surface area contributed by atoms with E-state index in [0.29, 0.717) is 0 Å². The van der Waals surface area contributed by atoms with Crippen molar-refractivity contribution in [3.63, 3.8) is 0 Å². The van der Waals surface area contributed by atoms with Crippen LogP contribution in [-0.2, 0) is 0 Å². The van der Waals surface area contributed by atoms with Crippen LogP contribution in [0.5, 0.6) is 0 Å². The van der Waals surface area contributed by atoms with E-state index < -0.39 is 23.7 Å². The van der Waals surface area contributed by atoms with Gasteiger partial charge in [0, 0.05) is 0 Å². The Bertz CT molecular complexity index is 452. The van der Waals surface area contributed by atoms with Gasteiger partial charge in [0.05, 0.1) is 5.56 Å². The smallest absolute Gasteiger partial charge is 0.337 e. The molecular weight excluding hydrogens is 206 g/mol. The Labute approximate surface area is 83.8 Å². The van der Waals surface area contributed by atoms with Gasteiger partial charge in [-0.05, 0) is 18.6 Å². The van der Waals surface area contributed by atoms with Crippen LogP contribution in [0.4, 0.5) is 8.78 Å². The zero-order valence-corrected chi connectivity index (χ0v) is 7.66. The predicted octanol–water partition coefficient (Wildman–Crippen LogP) is 1.90. The van der Waals surface area contributed by atoms with Crippen LogP contribution in [-0.4, -0.2) is 16.1 Å². The van der Waals surface area contributed by atoms with Gasteiger partial charge in [-0.3, -0.25) is 0 Å². The quantitative estimate of drug-likeness (QED) is 0.812. The summed E-state index contributed by atoms with van der Waals surface area (Å²) in [6.07, 6.45) is -3.01. The molecule has 0 aliphatic carbocycles. The van der Waals surface area contributed by atoms with E-state index in [2.05, 4.69) is 4.98 Å². The molecule has 0 unspecified atom stereocenters. The van der Waals surface area contributed by atoms with Crippen LogP contribution in [0.15, 0.2) is 6.07 Å². The minimum Gasteiger partial charge on any atom is -0.478 e. The maximum atomic E-state index is 12.4. The lowest BCUT2D eigenvalue weighted by Gasteiger charge is -2.06. The molecule has 1 aromatic heterocycles. The lowest BCUT2D eigenvalue weighted by atomic mass is 10.1. The summed E-state index contributed by atoms with van der Waals surface area (Å²) in [5.41, 5.74) is -1.36. The number of hydrogen-bond acceptors (Lipinski definition) is 3. The highest BCUT2D eigenvalue weighted by molar-refractivity contribution is 5.89. The number of nitriles is 1. The van der Waals surface area contributed by atoms with E-state index in [9.17, 15) is 13.6 Å². The van der Waals surface area contributed by atoms with E-state index in [4.69, 9.17) is 10.4 Å². The number of aromatic nitrogens is 1. The Balaban J connectivity index is 3.47. The molecule has 0 radical (unpaired) electrons. The second-order valence-electron chi connectivity index (χ2n) is 2.80. The van der Waals surface area contributed by atoms with Crippen molar-refractivity contribution in [2.45, 2.75) is 13.3 Å². The third-order valence-electron chi connectivity index (χ3n) is 1.79. The Morgan fingerprint density at radius 3 is 2.67 bits per heavy atom. The molecule has 0 aliphatic rings. The number of aromatic carboxylic acids is 1. The van der Waals surface area contributed by atoms with Crippen molar-refractivity contribution >= 4 is 5.97 Å². The second kappa shape index (κ2) is 4.00. The molecule has 1 rings (SSSR count). The molecule has 0 bridgehead atoms. The monoisotopic (exact) mass is 212 g/mol. The third kappa shape index (κ3) is 2.07. The van der Waals surface area contributed by atoms with Gasteiger partial charge in [-0.15, -0.1) is 0 Å². The maximum Gasteiger partial charge on any atom is 0.337 e. The van der Waals surface area contributed by atoms with Crippen LogP contribution in [0.3, 0.4) is 0 Å². The molecular formula is C9H6F2N2O2. The van der Waals surface area contributed by atoms with Gasteiger partial charge in [-0.25, -0.2) is 18.6 Å². The van der Waals surface area contributed by atoms with E-state index in [-0.39, 0.29) is 11.3 Å². The number of nitrogens with zero attached hydrogens (tertiary/aromatic N) is 2. The van der Waals surface area contributed by atoms with Gasteiger partial charge in [-0.1, -0.05) is 0 Å². The number of pyridine rings is 1. The van der Waals surface area contributed by atoms with E-state index in [0.717, 1.165) is 6.07 Å². The van der Waals surface area contributed by atoms with Gasteiger partial charge in [0.25, 0.3) is 6.43 Å². The summed E-state index contributed by atoms with van der Waals surface area (Å²) >= 11 is 0. The summed E-state index contributed by atoms with van der Waals surface area (Å²) in [5.74, 6) is -1.48. The highest BCUT2D eigenvalue weighted by atomic mass is 19.3. The van der Waals surface area contributed by atoms with Crippen LogP contribution < -0.4 is 0 Å². The number of carbonyl (C=O) groups is 1. The average molecular weight is 212 g/mol. The fourth-order valence-electron chi connectivity index (χ4n) is 1.08. The number of carboxylic acids is 1. The molecule has 0 spiro atoms. The summed E-state index contributed by atoms with van der Waals surface area (Å²) in [7, 11) is 0. The second-order valence-corrected chi connectivity index (χ2v) is 2.80. The van der Waals surface area contributed by atoms with Crippen LogP contribution in [0.25, 0.3) is 0 Å². The first kappa shape index (κ1) is 11.0. The Kier molecular flexibility index (Phi) is 2.95. The first-order valence-electron chi connectivity index (χ1n) is 3.90. The van der Waals surface area contributed by atoms with Crippen LogP contribution in [0.1, 0.15) is 33.7 Å². The van der Waals surface area contributed by atoms with E-state index in [1.807, 2.05) is 0 Å². The number of alkyl halides is 2. The standard InChI is InChI=1S/C9H6F2N2O2/c1-4-2-5(9(14)15)7(8(10)11)13-6(4)3-12/h2,8H,1H3,(H,14,15). The molecule has 0 fully saturated rings. The largest absolute Gasteiger partial charge is 0.478 e. The molecule has 0 aliphatic heterocycles. The SMILES string of the molecule is Cc1cc(C(=O)O)c(C(F)F)nc1C#N. The Morgan fingerprint density at radius 1 is 1.67 bits per heavy atom. The van der Waals surface area contributed by atoms with Crippen molar-refractivity contribution < 1.29 is 18.7 Å². The third-order valence-corrected chi connectivity index (χ3v) is 1.79. The molecule has 6 heteroatoms. The van der Waals surface area contributed by atoms with Crippen molar-refractivity contribution in [2.75, 3.05) is 0 Å². The molecule has 1 N–H and O–H groups in total. The lowest BCUT2D eigenvalue weighted by Crippen LogP contribution is -2.08. The van der Waals surface area contributed by atoms with Crippen molar-refractivity contribution in [3.8, 4) is 6.07 Å². The summed E-state index contributed by atoms with van der Waals surface area (Å²) in [6, 6.07) is 2.64. The molecule has 1 heterocycles. The topological polar surface area (TPSA) is 74.0 Å². The molecule has 0 saturated carbocycles. The summed E-state index contributed by atoms with van der Waals surface area (Å²) < 4.78 is 24.8. The van der Waals surface area contributed by atoms with Gasteiger partial charge < -0.3 is 5.11 Å². The first-order chi connectivity index (χ1) is 6.97. The molecule has 0 saturated heterocycles. The van der Waals surface area contributed by atoms with Crippen molar-refractivity contribution in [3.05, 3.63) is 28.6 Å². The molecule has 0 atom stereocenters. The fourth-order valence-corrected chi connectivity index (χ4v) is 1.08. The van der Waals surface area contributed by atoms with Crippen LogP contribution >= 0.6 is 0 Å². The number of carboxylic acid groups (broad SMARTS) is 1. The normalized spacial score (nSPS) is 10.1. The number of rotatable bonds is 2. The van der Waals surface area contributed by atoms with E-state index >= 15 is 0 Å². The molecule has 4 nitrogen and oxygen atoms in total. The number of aryl methyl sites for hydroxylation is 1. The van der Waals surface area contributed by atoms with Gasteiger partial charge in [0.1, 0.15) is 17.5 Å². The summed E-state index contributed by atoms with van der Waals surface area (Å²) in [6.45, 7) is 1.44. The number of halogens is 2. The highest BCUT2D eigenvalue weighted by Crippen LogP contribution is 2.22. The van der Waals surface area contributed by atoms with Gasteiger partial charge in [0.2, 0.25) is 0 Å². The zero-order chi connectivity index (χ0) is 11.6. The van der Waals surface area contributed by atoms with Crippen molar-refractivity contribution in [1.82, 2.24) is 4.98 Å². The molecule has 78 valence electrons. The Hall–Kier alpha value is -2.03. The predicted molar refractivity (Wildman–Crippen MR) is 45.6 cm³/mol. The van der Waals surface area contributed by atoms with Crippen molar-refractivity contribution in [1.29, 1.82) is 5.26 Å². The minimum atomic E-state index is -3.01. The Morgan fingerprint density at radius 2 is 2.27 bits per heavy atom. The van der Waals surface area contributed by atoms with Gasteiger partial charge in [-0.2, -0.15) is 5.26 Å². The van der Waals surface area contributed by atoms with Gasteiger partial charge in [0.15, 0.2) is 0 Å². The molecule has 1 aromatic rings. The maximum absolute atomic E-state index is 12.4. The van der Waals surface area contributed by atoms with Gasteiger partial charge >= 0.3 is 5.97 Å². The number of hydrogen-bond donors (Lipinski definition) is 1. The average Bonchev–Trinajstić information content (AvgIpc) is 2.16. The van der Waals surface area contributed by atoms with E-state index in [1.165, 1.54) is 6.92 Å². The van der Waals surface area contributed by atoms with Crippen LogP contribution in [0.2, 0.25) is 0 Å². The molecule has 0 aromatic carbocycles. The highest BCUT2D eigenvalue weighted by Gasteiger charge is 2.21. The van der Waals surface area contributed by atoms with Crippen molar-refractivity contribution in [2.24, 2.45) is 0 Å². The lowest BCUT2D eigenvalue weighted by molar-refractivity contribution is 0.0682. The van der Waals surface area contributed by atoms with Crippen LogP contribution in [0, 0.1) is 18.3 Å². The zero-order valence-electron chi connectivity index (χ0n) is 7.66. The minimum absolute atomic E-state index is 0.185. The molecule has 0 amide bonds. The van der Waals surface area contributed by atoms with E-state index in [1.54, 1.807) is 6.07 Å². The first-order valence-corrected chi connectivity index (χ1v) is 3.90. The summed E-state index contributed by atoms with van der Waals surface area (Å²) in [4.78, 5) is 13.9.